The van der Waals surface area contributed by atoms with Gasteiger partial charge in [0.15, 0.2) is 17.5 Å². The van der Waals surface area contributed by atoms with Crippen LogP contribution in [0, 0.1) is 0 Å². The first-order chi connectivity index (χ1) is 29.2. The molecule has 0 bridgehead atoms. The molecule has 0 aliphatic carbocycles. The molecule has 278 valence electrons. The van der Waals surface area contributed by atoms with Crippen LogP contribution in [-0.2, 0) is 0 Å². The van der Waals surface area contributed by atoms with Crippen LogP contribution >= 0.6 is 0 Å². The molecule has 11 aromatic rings. The molecule has 3 aromatic heterocycles. The van der Waals surface area contributed by atoms with Crippen molar-refractivity contribution in [1.29, 1.82) is 0 Å². The molecule has 0 saturated carbocycles. The first-order valence-electron chi connectivity index (χ1n) is 19.7. The fourth-order valence-corrected chi connectivity index (χ4v) is 7.96. The molecule has 59 heavy (non-hydrogen) atoms. The summed E-state index contributed by atoms with van der Waals surface area (Å²) in [5, 5.41) is 0. The van der Waals surface area contributed by atoms with Crippen molar-refractivity contribution in [3.63, 3.8) is 0 Å². The maximum absolute atomic E-state index is 5.22. The molecule has 0 fully saturated rings. The quantitative estimate of drug-likeness (QED) is 0.154. The third kappa shape index (κ3) is 6.18. The van der Waals surface area contributed by atoms with Crippen LogP contribution in [0.1, 0.15) is 0 Å². The van der Waals surface area contributed by atoms with Gasteiger partial charge >= 0.3 is 0 Å². The molecule has 3 heterocycles. The molecule has 0 amide bonds. The largest absolute Gasteiger partial charge is 0.310 e. The molecule has 7 heteroatoms. The van der Waals surface area contributed by atoms with Gasteiger partial charge in [0.2, 0.25) is 5.78 Å². The molecule has 0 saturated heterocycles. The number of rotatable bonds is 8. The van der Waals surface area contributed by atoms with Gasteiger partial charge in [-0.05, 0) is 90.0 Å². The van der Waals surface area contributed by atoms with Gasteiger partial charge in [-0.1, -0.05) is 133 Å². The van der Waals surface area contributed by atoms with Crippen molar-refractivity contribution in [2.45, 2.75) is 0 Å². The molecule has 0 aliphatic heterocycles. The predicted octanol–water partition coefficient (Wildman–Crippen LogP) is 12.8. The van der Waals surface area contributed by atoms with Gasteiger partial charge in [0.25, 0.3) is 0 Å². The summed E-state index contributed by atoms with van der Waals surface area (Å²) in [4.78, 5) is 22.8. The summed E-state index contributed by atoms with van der Waals surface area (Å²) in [5.41, 5.74) is 13.2. The first-order valence-corrected chi connectivity index (χ1v) is 19.7. The van der Waals surface area contributed by atoms with E-state index in [1.54, 1.807) is 0 Å². The van der Waals surface area contributed by atoms with Crippen LogP contribution in [0.2, 0.25) is 0 Å². The Morgan fingerprint density at radius 3 is 1.54 bits per heavy atom. The van der Waals surface area contributed by atoms with Crippen LogP contribution in [0.5, 0.6) is 0 Å². The standard InChI is InChI=1S/C52H35N7/c1-5-16-36(17-6-1)37-28-31-43(32-29-37)57(41-21-9-3-10-22-41)44-25-15-20-39(34-44)50-54-49(38-18-7-2-8-19-38)55-51(56-50)40-30-33-47-48(35-40)59-46-27-14-13-26-45(46)53-52(59)58(47)42-23-11-4-12-24-42/h1-35H. The predicted molar refractivity (Wildman–Crippen MR) is 239 cm³/mol. The zero-order chi connectivity index (χ0) is 39.1. The summed E-state index contributed by atoms with van der Waals surface area (Å²) in [6, 6.07) is 73.3. The highest BCUT2D eigenvalue weighted by molar-refractivity contribution is 5.94. The maximum Gasteiger partial charge on any atom is 0.220 e. The Morgan fingerprint density at radius 1 is 0.322 bits per heavy atom. The molecule has 0 atom stereocenters. The van der Waals surface area contributed by atoms with Gasteiger partial charge in [-0.2, -0.15) is 0 Å². The van der Waals surface area contributed by atoms with Gasteiger partial charge in [-0.15, -0.1) is 0 Å². The fourth-order valence-electron chi connectivity index (χ4n) is 7.96. The summed E-state index contributed by atoms with van der Waals surface area (Å²) in [6.07, 6.45) is 0. The Labute approximate surface area is 340 Å². The number of imidazole rings is 2. The van der Waals surface area contributed by atoms with Crippen molar-refractivity contribution < 1.29 is 0 Å². The van der Waals surface area contributed by atoms with E-state index >= 15 is 0 Å². The maximum atomic E-state index is 5.22. The second kappa shape index (κ2) is 14.4. The van der Waals surface area contributed by atoms with Crippen LogP contribution in [0.4, 0.5) is 17.1 Å². The van der Waals surface area contributed by atoms with E-state index in [-0.39, 0.29) is 0 Å². The van der Waals surface area contributed by atoms with Crippen molar-refractivity contribution in [3.05, 3.63) is 212 Å². The lowest BCUT2D eigenvalue weighted by atomic mass is 10.0. The Bertz CT molecular complexity index is 3250. The number of hydrogen-bond donors (Lipinski definition) is 0. The van der Waals surface area contributed by atoms with E-state index in [0.717, 1.165) is 67.3 Å². The second-order valence-electron chi connectivity index (χ2n) is 14.4. The Kier molecular flexibility index (Phi) is 8.33. The molecule has 8 aromatic carbocycles. The summed E-state index contributed by atoms with van der Waals surface area (Å²) in [6.45, 7) is 0. The highest BCUT2D eigenvalue weighted by Gasteiger charge is 2.20. The minimum absolute atomic E-state index is 0.586. The number of nitrogens with zero attached hydrogens (tertiary/aromatic N) is 7. The molecular weight excluding hydrogens is 723 g/mol. The molecule has 0 spiro atoms. The van der Waals surface area contributed by atoms with E-state index in [0.29, 0.717) is 17.5 Å². The monoisotopic (exact) mass is 757 g/mol. The topological polar surface area (TPSA) is 64.1 Å². The Hall–Kier alpha value is -8.16. The third-order valence-corrected chi connectivity index (χ3v) is 10.7. The second-order valence-corrected chi connectivity index (χ2v) is 14.4. The number of aromatic nitrogens is 6. The van der Waals surface area contributed by atoms with Crippen molar-refractivity contribution in [3.8, 4) is 51.0 Å². The van der Waals surface area contributed by atoms with E-state index in [9.17, 15) is 0 Å². The Balaban J connectivity index is 1.06. The van der Waals surface area contributed by atoms with Crippen LogP contribution in [0.25, 0.3) is 78.8 Å². The molecule has 0 aliphatic rings. The summed E-state index contributed by atoms with van der Waals surface area (Å²) in [5.74, 6) is 2.62. The first kappa shape index (κ1) is 34.1. The van der Waals surface area contributed by atoms with Crippen molar-refractivity contribution in [2.24, 2.45) is 0 Å². The van der Waals surface area contributed by atoms with Gasteiger partial charge in [0, 0.05) is 39.4 Å². The highest BCUT2D eigenvalue weighted by atomic mass is 15.2. The number of anilines is 3. The van der Waals surface area contributed by atoms with Crippen LogP contribution in [0.15, 0.2) is 212 Å². The zero-order valence-electron chi connectivity index (χ0n) is 31.8. The molecular formula is C52H35N7. The van der Waals surface area contributed by atoms with Crippen molar-refractivity contribution in [2.75, 3.05) is 4.90 Å². The minimum atomic E-state index is 0.586. The van der Waals surface area contributed by atoms with Gasteiger partial charge < -0.3 is 4.90 Å². The molecule has 0 unspecified atom stereocenters. The smallest absolute Gasteiger partial charge is 0.220 e. The lowest BCUT2D eigenvalue weighted by Gasteiger charge is -2.26. The molecule has 11 rings (SSSR count). The molecule has 0 radical (unpaired) electrons. The van der Waals surface area contributed by atoms with E-state index in [1.807, 2.05) is 54.6 Å². The van der Waals surface area contributed by atoms with E-state index < -0.39 is 0 Å². The normalized spacial score (nSPS) is 11.4. The summed E-state index contributed by atoms with van der Waals surface area (Å²) < 4.78 is 4.45. The highest BCUT2D eigenvalue weighted by Crippen LogP contribution is 2.38. The SMILES string of the molecule is c1ccc(-c2ccc(N(c3ccccc3)c3cccc(-c4nc(-c5ccccc5)nc(-c5ccc6c(c5)n5c7ccccc7nc5n6-c5ccccc5)n4)c3)cc2)cc1. The van der Waals surface area contributed by atoms with Gasteiger partial charge in [0.05, 0.1) is 22.1 Å². The van der Waals surface area contributed by atoms with Crippen molar-refractivity contribution >= 4 is 44.9 Å². The van der Waals surface area contributed by atoms with Crippen LogP contribution in [-0.4, -0.2) is 28.9 Å². The van der Waals surface area contributed by atoms with Gasteiger partial charge in [-0.3, -0.25) is 8.97 Å². The average molecular weight is 758 g/mol. The number of benzene rings is 8. The average Bonchev–Trinajstić information content (AvgIpc) is 3.85. The minimum Gasteiger partial charge on any atom is -0.310 e. The lowest BCUT2D eigenvalue weighted by molar-refractivity contribution is 1.07. The lowest BCUT2D eigenvalue weighted by Crippen LogP contribution is -2.10. The van der Waals surface area contributed by atoms with Crippen LogP contribution in [0.3, 0.4) is 0 Å². The number of hydrogen-bond acceptors (Lipinski definition) is 5. The summed E-state index contributed by atoms with van der Waals surface area (Å²) in [7, 11) is 0. The van der Waals surface area contributed by atoms with E-state index in [2.05, 4.69) is 172 Å². The number of fused-ring (bicyclic) bond motifs is 5. The molecule has 7 nitrogen and oxygen atoms in total. The van der Waals surface area contributed by atoms with Crippen LogP contribution < -0.4 is 4.90 Å². The van der Waals surface area contributed by atoms with Crippen molar-refractivity contribution in [1.82, 2.24) is 28.9 Å². The zero-order valence-corrected chi connectivity index (χ0v) is 31.8. The number of para-hydroxylation sites is 4. The molecule has 0 N–H and O–H groups in total. The Morgan fingerprint density at radius 2 is 0.831 bits per heavy atom. The van der Waals surface area contributed by atoms with E-state index in [1.165, 1.54) is 11.1 Å². The van der Waals surface area contributed by atoms with Gasteiger partial charge in [0.1, 0.15) is 0 Å². The van der Waals surface area contributed by atoms with Gasteiger partial charge in [-0.25, -0.2) is 19.9 Å². The summed E-state index contributed by atoms with van der Waals surface area (Å²) >= 11 is 0. The van der Waals surface area contributed by atoms with E-state index in [4.69, 9.17) is 19.9 Å². The third-order valence-electron chi connectivity index (χ3n) is 10.7. The fraction of sp³-hybridized carbons (Fsp3) is 0.